The monoisotopic (exact) mass is 284 g/mol. The van der Waals surface area contributed by atoms with Crippen molar-refractivity contribution in [3.05, 3.63) is 69.5 Å². The van der Waals surface area contributed by atoms with Crippen LogP contribution in [0.1, 0.15) is 21.5 Å². The van der Waals surface area contributed by atoms with Crippen molar-refractivity contribution in [1.29, 1.82) is 0 Å². The number of hydrogen-bond donors (Lipinski definition) is 0. The van der Waals surface area contributed by atoms with E-state index in [4.69, 9.17) is 11.6 Å². The second-order valence-electron chi connectivity index (χ2n) is 4.09. The first-order valence-corrected chi connectivity index (χ1v) is 5.72. The van der Waals surface area contributed by atoms with Crippen molar-refractivity contribution >= 4 is 17.4 Å². The van der Waals surface area contributed by atoms with Crippen LogP contribution < -0.4 is 0 Å². The van der Waals surface area contributed by atoms with Gasteiger partial charge in [-0.05, 0) is 42.8 Å². The highest BCUT2D eigenvalue weighted by Crippen LogP contribution is 2.23. The van der Waals surface area contributed by atoms with Crippen molar-refractivity contribution in [2.24, 2.45) is 0 Å². The molecule has 0 atom stereocenters. The molecule has 0 unspecified atom stereocenters. The Morgan fingerprint density at radius 1 is 1.00 bits per heavy atom. The Morgan fingerprint density at radius 3 is 2.26 bits per heavy atom. The summed E-state index contributed by atoms with van der Waals surface area (Å²) in [6.07, 6.45) is 0. The average Bonchev–Trinajstić information content (AvgIpc) is 2.31. The molecule has 2 rings (SSSR count). The van der Waals surface area contributed by atoms with E-state index < -0.39 is 23.2 Å². The van der Waals surface area contributed by atoms with E-state index in [0.29, 0.717) is 11.6 Å². The van der Waals surface area contributed by atoms with Gasteiger partial charge in [-0.2, -0.15) is 0 Å². The van der Waals surface area contributed by atoms with Gasteiger partial charge in [-0.25, -0.2) is 13.2 Å². The van der Waals surface area contributed by atoms with Gasteiger partial charge in [0.1, 0.15) is 5.82 Å². The van der Waals surface area contributed by atoms with E-state index in [2.05, 4.69) is 0 Å². The smallest absolute Gasteiger partial charge is 0.194 e. The molecule has 0 aliphatic heterocycles. The number of ketones is 1. The third kappa shape index (κ3) is 2.79. The standard InChI is InChI=1S/C14H8ClF3O/c1-7-2-8(4-9(16)3-7)14(19)10-5-12(17)13(18)6-11(10)15/h2-6H,1H3. The second kappa shape index (κ2) is 5.05. The fourth-order valence-corrected chi connectivity index (χ4v) is 1.96. The third-order valence-corrected chi connectivity index (χ3v) is 2.87. The molecule has 0 bridgehead atoms. The molecule has 0 fully saturated rings. The van der Waals surface area contributed by atoms with Gasteiger partial charge >= 0.3 is 0 Å². The largest absolute Gasteiger partial charge is 0.289 e. The highest BCUT2D eigenvalue weighted by atomic mass is 35.5. The van der Waals surface area contributed by atoms with Gasteiger partial charge in [-0.1, -0.05) is 11.6 Å². The van der Waals surface area contributed by atoms with Crippen LogP contribution in [0.25, 0.3) is 0 Å². The second-order valence-corrected chi connectivity index (χ2v) is 4.50. The predicted octanol–water partition coefficient (Wildman–Crippen LogP) is 4.30. The summed E-state index contributed by atoms with van der Waals surface area (Å²) in [7, 11) is 0. The van der Waals surface area contributed by atoms with E-state index in [9.17, 15) is 18.0 Å². The zero-order valence-corrected chi connectivity index (χ0v) is 10.6. The Labute approximate surface area is 112 Å². The lowest BCUT2D eigenvalue weighted by Crippen LogP contribution is -2.05. The molecule has 2 aromatic rings. The lowest BCUT2D eigenvalue weighted by Gasteiger charge is -2.06. The van der Waals surface area contributed by atoms with Crippen molar-refractivity contribution in [3.63, 3.8) is 0 Å². The number of carbonyl (C=O) groups is 1. The van der Waals surface area contributed by atoms with E-state index in [-0.39, 0.29) is 16.1 Å². The number of benzene rings is 2. The van der Waals surface area contributed by atoms with Gasteiger partial charge in [0.05, 0.1) is 5.02 Å². The van der Waals surface area contributed by atoms with Crippen LogP contribution in [0.2, 0.25) is 5.02 Å². The first kappa shape index (κ1) is 13.6. The average molecular weight is 285 g/mol. The molecule has 0 N–H and O–H groups in total. The van der Waals surface area contributed by atoms with Crippen LogP contribution in [0.15, 0.2) is 30.3 Å². The van der Waals surface area contributed by atoms with Gasteiger partial charge in [0.2, 0.25) is 0 Å². The predicted molar refractivity (Wildman–Crippen MR) is 65.9 cm³/mol. The molecule has 0 saturated carbocycles. The van der Waals surface area contributed by atoms with Crippen molar-refractivity contribution < 1.29 is 18.0 Å². The van der Waals surface area contributed by atoms with Gasteiger partial charge in [-0.3, -0.25) is 4.79 Å². The molecule has 1 nitrogen and oxygen atoms in total. The summed E-state index contributed by atoms with van der Waals surface area (Å²) in [5.41, 5.74) is 0.373. The summed E-state index contributed by atoms with van der Waals surface area (Å²) in [5.74, 6) is -3.56. The molecule has 2 aromatic carbocycles. The Kier molecular flexibility index (Phi) is 3.62. The number of hydrogen-bond acceptors (Lipinski definition) is 1. The van der Waals surface area contributed by atoms with Crippen LogP contribution >= 0.6 is 11.6 Å². The van der Waals surface area contributed by atoms with Gasteiger partial charge < -0.3 is 0 Å². The van der Waals surface area contributed by atoms with Gasteiger partial charge in [0.25, 0.3) is 0 Å². The topological polar surface area (TPSA) is 17.1 Å². The minimum absolute atomic E-state index is 0.0328. The van der Waals surface area contributed by atoms with Crippen LogP contribution in [0, 0.1) is 24.4 Å². The van der Waals surface area contributed by atoms with Crippen LogP contribution in [-0.2, 0) is 0 Å². The van der Waals surface area contributed by atoms with Crippen molar-refractivity contribution in [1.82, 2.24) is 0 Å². The normalized spacial score (nSPS) is 10.6. The van der Waals surface area contributed by atoms with Crippen molar-refractivity contribution in [3.8, 4) is 0 Å². The molecule has 0 amide bonds. The molecule has 19 heavy (non-hydrogen) atoms. The molecule has 0 spiro atoms. The minimum atomic E-state index is -1.18. The summed E-state index contributed by atoms with van der Waals surface area (Å²) < 4.78 is 39.3. The lowest BCUT2D eigenvalue weighted by atomic mass is 10.0. The van der Waals surface area contributed by atoms with Crippen molar-refractivity contribution in [2.45, 2.75) is 6.92 Å². The summed E-state index contributed by atoms with van der Waals surface area (Å²) in [6, 6.07) is 5.15. The molecule has 5 heteroatoms. The Bertz CT molecular complexity index is 648. The molecular formula is C14H8ClF3O. The van der Waals surface area contributed by atoms with Gasteiger partial charge in [0, 0.05) is 11.1 Å². The summed E-state index contributed by atoms with van der Waals surface area (Å²) in [5, 5.41) is -0.217. The third-order valence-electron chi connectivity index (χ3n) is 2.56. The minimum Gasteiger partial charge on any atom is -0.289 e. The SMILES string of the molecule is Cc1cc(F)cc(C(=O)c2cc(F)c(F)cc2Cl)c1. The first-order chi connectivity index (χ1) is 8.88. The van der Waals surface area contributed by atoms with E-state index in [1.54, 1.807) is 6.92 Å². The maximum absolute atomic E-state index is 13.2. The van der Waals surface area contributed by atoms with Gasteiger partial charge in [-0.15, -0.1) is 0 Å². The number of halogens is 4. The quantitative estimate of drug-likeness (QED) is 0.594. The number of rotatable bonds is 2. The zero-order valence-electron chi connectivity index (χ0n) is 9.81. The molecule has 0 aromatic heterocycles. The van der Waals surface area contributed by atoms with Crippen LogP contribution in [0.5, 0.6) is 0 Å². The summed E-state index contributed by atoms with van der Waals surface area (Å²) >= 11 is 5.70. The highest BCUT2D eigenvalue weighted by Gasteiger charge is 2.17. The molecular weight excluding hydrogens is 277 g/mol. The molecule has 0 saturated heterocycles. The molecule has 0 heterocycles. The van der Waals surface area contributed by atoms with E-state index in [1.807, 2.05) is 0 Å². The van der Waals surface area contributed by atoms with Crippen LogP contribution in [0.4, 0.5) is 13.2 Å². The maximum atomic E-state index is 13.2. The summed E-state index contributed by atoms with van der Waals surface area (Å²) in [4.78, 5) is 12.1. The van der Waals surface area contributed by atoms with E-state index >= 15 is 0 Å². The highest BCUT2D eigenvalue weighted by molar-refractivity contribution is 6.35. The Hall–Kier alpha value is -1.81. The zero-order chi connectivity index (χ0) is 14.2. The fraction of sp³-hybridized carbons (Fsp3) is 0.0714. The van der Waals surface area contributed by atoms with Crippen molar-refractivity contribution in [2.75, 3.05) is 0 Å². The molecule has 98 valence electrons. The molecule has 0 radical (unpaired) electrons. The number of aryl methyl sites for hydroxylation is 1. The van der Waals surface area contributed by atoms with E-state index in [1.165, 1.54) is 12.1 Å². The maximum Gasteiger partial charge on any atom is 0.194 e. The van der Waals surface area contributed by atoms with Crippen LogP contribution in [0.3, 0.4) is 0 Å². The first-order valence-electron chi connectivity index (χ1n) is 5.35. The van der Waals surface area contributed by atoms with E-state index in [0.717, 1.165) is 12.1 Å². The Balaban J connectivity index is 2.53. The number of carbonyl (C=O) groups excluding carboxylic acids is 1. The fourth-order valence-electron chi connectivity index (χ4n) is 1.72. The summed E-state index contributed by atoms with van der Waals surface area (Å²) in [6.45, 7) is 1.62. The lowest BCUT2D eigenvalue weighted by molar-refractivity contribution is 0.103. The molecule has 0 aliphatic carbocycles. The van der Waals surface area contributed by atoms with Gasteiger partial charge in [0.15, 0.2) is 17.4 Å². The molecule has 0 aliphatic rings. The Morgan fingerprint density at radius 2 is 1.63 bits per heavy atom. The van der Waals surface area contributed by atoms with Crippen LogP contribution in [-0.4, -0.2) is 5.78 Å².